The summed E-state index contributed by atoms with van der Waals surface area (Å²) in [6.07, 6.45) is 16.5. The number of phenols is 2. The highest BCUT2D eigenvalue weighted by atomic mass is 16.3. The quantitative estimate of drug-likeness (QED) is 0.275. The highest BCUT2D eigenvalue weighted by Gasteiger charge is 2.15. The Labute approximate surface area is 191 Å². The fourth-order valence-corrected chi connectivity index (χ4v) is 3.70. The molecule has 31 heavy (non-hydrogen) atoms. The maximum atomic E-state index is 10.5. The SMILES string of the molecule is CC(C)=CCC/C(C)=C/CC/C(C)=C/CC/C(C)=C/Cc1c(C)c(O)c(C)c(C)c1O. The molecule has 0 saturated heterocycles. The smallest absolute Gasteiger partial charge is 0.122 e. The van der Waals surface area contributed by atoms with E-state index in [1.54, 1.807) is 0 Å². The third kappa shape index (κ3) is 9.21. The van der Waals surface area contributed by atoms with Crippen molar-refractivity contribution < 1.29 is 10.2 Å². The van der Waals surface area contributed by atoms with Gasteiger partial charge in [0, 0.05) is 5.56 Å². The van der Waals surface area contributed by atoms with Crippen molar-refractivity contribution in [2.45, 2.75) is 100 Å². The molecule has 2 nitrogen and oxygen atoms in total. The minimum atomic E-state index is 0.302. The Morgan fingerprint density at radius 2 is 1.00 bits per heavy atom. The highest BCUT2D eigenvalue weighted by Crippen LogP contribution is 2.36. The lowest BCUT2D eigenvalue weighted by molar-refractivity contribution is 0.444. The van der Waals surface area contributed by atoms with Crippen molar-refractivity contribution in [2.75, 3.05) is 0 Å². The topological polar surface area (TPSA) is 40.5 Å². The van der Waals surface area contributed by atoms with Crippen molar-refractivity contribution in [2.24, 2.45) is 0 Å². The lowest BCUT2D eigenvalue weighted by Crippen LogP contribution is -1.96. The molecule has 0 radical (unpaired) electrons. The minimum absolute atomic E-state index is 0.302. The van der Waals surface area contributed by atoms with Crippen LogP contribution in [-0.2, 0) is 6.42 Å². The van der Waals surface area contributed by atoms with E-state index in [1.165, 1.54) is 22.3 Å². The summed E-state index contributed by atoms with van der Waals surface area (Å²) in [6.45, 7) is 16.5. The van der Waals surface area contributed by atoms with E-state index in [1.807, 2.05) is 20.8 Å². The molecule has 0 heterocycles. The molecule has 0 atom stereocenters. The molecular weight excluding hydrogens is 380 g/mol. The summed E-state index contributed by atoms with van der Waals surface area (Å²) in [5.74, 6) is 0.618. The molecule has 0 bridgehead atoms. The minimum Gasteiger partial charge on any atom is -0.507 e. The van der Waals surface area contributed by atoms with E-state index in [2.05, 4.69) is 58.9 Å². The van der Waals surface area contributed by atoms with Crippen LogP contribution in [0, 0.1) is 20.8 Å². The number of phenolic OH excluding ortho intramolecular Hbond substituents is 2. The monoisotopic (exact) mass is 424 g/mol. The molecule has 1 aromatic carbocycles. The second-order valence-corrected chi connectivity index (χ2v) is 9.30. The predicted molar refractivity (Wildman–Crippen MR) is 136 cm³/mol. The van der Waals surface area contributed by atoms with E-state index < -0.39 is 0 Å². The number of allylic oxidation sites excluding steroid dienone is 8. The molecule has 0 aliphatic rings. The molecule has 1 aromatic rings. The van der Waals surface area contributed by atoms with Gasteiger partial charge in [-0.25, -0.2) is 0 Å². The normalized spacial score (nSPS) is 13.0. The molecule has 0 aliphatic carbocycles. The molecule has 0 spiro atoms. The summed E-state index contributed by atoms with van der Waals surface area (Å²) in [5.41, 5.74) is 8.80. The van der Waals surface area contributed by atoms with Crippen LogP contribution in [0.3, 0.4) is 0 Å². The van der Waals surface area contributed by atoms with Gasteiger partial charge in [-0.3, -0.25) is 0 Å². The third-order valence-electron chi connectivity index (χ3n) is 6.18. The first-order chi connectivity index (χ1) is 14.5. The number of hydrogen-bond acceptors (Lipinski definition) is 2. The van der Waals surface area contributed by atoms with Gasteiger partial charge in [-0.05, 0) is 117 Å². The van der Waals surface area contributed by atoms with Crippen LogP contribution in [0.4, 0.5) is 0 Å². The molecule has 2 N–H and O–H groups in total. The van der Waals surface area contributed by atoms with Crippen molar-refractivity contribution in [3.8, 4) is 11.5 Å². The van der Waals surface area contributed by atoms with E-state index in [9.17, 15) is 10.2 Å². The molecule has 0 aromatic heterocycles. The largest absolute Gasteiger partial charge is 0.507 e. The van der Waals surface area contributed by atoms with Crippen LogP contribution in [0.15, 0.2) is 46.6 Å². The summed E-state index contributed by atoms with van der Waals surface area (Å²) < 4.78 is 0. The van der Waals surface area contributed by atoms with Gasteiger partial charge in [0.15, 0.2) is 0 Å². The van der Waals surface area contributed by atoms with Crippen LogP contribution >= 0.6 is 0 Å². The molecule has 0 aliphatic heterocycles. The molecular formula is C29H44O2. The van der Waals surface area contributed by atoms with Crippen LogP contribution in [-0.4, -0.2) is 10.2 Å². The fraction of sp³-hybridized carbons (Fsp3) is 0.517. The first kappa shape index (κ1) is 26.8. The number of rotatable bonds is 11. The lowest BCUT2D eigenvalue weighted by Gasteiger charge is -2.15. The molecule has 2 heteroatoms. The Bertz CT molecular complexity index is 830. The van der Waals surface area contributed by atoms with Crippen molar-refractivity contribution >= 4 is 0 Å². The summed E-state index contributed by atoms with van der Waals surface area (Å²) in [7, 11) is 0. The Morgan fingerprint density at radius 1 is 0.581 bits per heavy atom. The highest BCUT2D eigenvalue weighted by molar-refractivity contribution is 5.57. The second kappa shape index (κ2) is 13.2. The number of hydrogen-bond donors (Lipinski definition) is 2. The average Bonchev–Trinajstić information content (AvgIpc) is 2.70. The Kier molecular flexibility index (Phi) is 11.5. The summed E-state index contributed by atoms with van der Waals surface area (Å²) in [4.78, 5) is 0. The van der Waals surface area contributed by atoms with Gasteiger partial charge in [-0.2, -0.15) is 0 Å². The summed E-state index contributed by atoms with van der Waals surface area (Å²) in [6, 6.07) is 0. The molecule has 0 saturated carbocycles. The van der Waals surface area contributed by atoms with Crippen LogP contribution in [0.1, 0.15) is 95.4 Å². The molecule has 1 rings (SSSR count). The lowest BCUT2D eigenvalue weighted by atomic mass is 9.94. The standard InChI is InChI=1S/C29H44O2/c1-20(2)12-9-13-21(3)14-10-15-22(4)16-11-17-23(5)18-19-27-26(8)28(30)24(6)25(7)29(27)31/h12,14,16,18,30-31H,9-11,13,15,17,19H2,1-8H3/b21-14+,22-16+,23-18+. The van der Waals surface area contributed by atoms with E-state index in [0.29, 0.717) is 17.9 Å². The van der Waals surface area contributed by atoms with Gasteiger partial charge in [0.05, 0.1) is 0 Å². The Morgan fingerprint density at radius 3 is 1.48 bits per heavy atom. The third-order valence-corrected chi connectivity index (χ3v) is 6.18. The van der Waals surface area contributed by atoms with Gasteiger partial charge in [0.25, 0.3) is 0 Å². The van der Waals surface area contributed by atoms with Crippen LogP contribution < -0.4 is 0 Å². The van der Waals surface area contributed by atoms with E-state index in [0.717, 1.165) is 60.8 Å². The van der Waals surface area contributed by atoms with Crippen LogP contribution in [0.2, 0.25) is 0 Å². The van der Waals surface area contributed by atoms with Gasteiger partial charge >= 0.3 is 0 Å². The average molecular weight is 425 g/mol. The van der Waals surface area contributed by atoms with Gasteiger partial charge in [0.2, 0.25) is 0 Å². The first-order valence-electron chi connectivity index (χ1n) is 11.6. The summed E-state index contributed by atoms with van der Waals surface area (Å²) in [5, 5.41) is 20.8. The fourth-order valence-electron chi connectivity index (χ4n) is 3.70. The van der Waals surface area contributed by atoms with Gasteiger partial charge in [-0.1, -0.05) is 46.6 Å². The van der Waals surface area contributed by atoms with Gasteiger partial charge < -0.3 is 10.2 Å². The molecule has 172 valence electrons. The summed E-state index contributed by atoms with van der Waals surface area (Å²) >= 11 is 0. The van der Waals surface area contributed by atoms with Crippen molar-refractivity contribution in [1.82, 2.24) is 0 Å². The molecule has 0 unspecified atom stereocenters. The maximum Gasteiger partial charge on any atom is 0.122 e. The Hall–Kier alpha value is -2.22. The van der Waals surface area contributed by atoms with E-state index >= 15 is 0 Å². The zero-order valence-corrected chi connectivity index (χ0v) is 21.2. The number of benzene rings is 1. The number of aromatic hydroxyl groups is 2. The van der Waals surface area contributed by atoms with Crippen LogP contribution in [0.5, 0.6) is 11.5 Å². The molecule has 0 amide bonds. The second-order valence-electron chi connectivity index (χ2n) is 9.30. The van der Waals surface area contributed by atoms with Crippen molar-refractivity contribution in [3.05, 3.63) is 68.9 Å². The molecule has 0 fully saturated rings. The van der Waals surface area contributed by atoms with Gasteiger partial charge in [-0.15, -0.1) is 0 Å². The Balaban J connectivity index is 2.52. The predicted octanol–water partition coefficient (Wildman–Crippen LogP) is 8.71. The van der Waals surface area contributed by atoms with Gasteiger partial charge in [0.1, 0.15) is 11.5 Å². The zero-order valence-electron chi connectivity index (χ0n) is 21.2. The first-order valence-corrected chi connectivity index (χ1v) is 11.6. The van der Waals surface area contributed by atoms with Crippen molar-refractivity contribution in [3.63, 3.8) is 0 Å². The van der Waals surface area contributed by atoms with E-state index in [4.69, 9.17) is 0 Å². The maximum absolute atomic E-state index is 10.5. The zero-order chi connectivity index (χ0) is 23.6. The van der Waals surface area contributed by atoms with Crippen molar-refractivity contribution in [1.29, 1.82) is 0 Å². The van der Waals surface area contributed by atoms with Crippen LogP contribution in [0.25, 0.3) is 0 Å². The van der Waals surface area contributed by atoms with E-state index in [-0.39, 0.29) is 0 Å².